The van der Waals surface area contributed by atoms with Crippen LogP contribution in [0.5, 0.6) is 0 Å². The molecule has 1 aromatic rings. The van der Waals surface area contributed by atoms with Crippen LogP contribution in [0.15, 0.2) is 5.38 Å². The van der Waals surface area contributed by atoms with Gasteiger partial charge in [-0.25, -0.2) is 4.98 Å². The van der Waals surface area contributed by atoms with Crippen molar-refractivity contribution in [3.8, 4) is 0 Å². The summed E-state index contributed by atoms with van der Waals surface area (Å²) in [6.45, 7) is 2.59. The molecule has 2 heterocycles. The van der Waals surface area contributed by atoms with Gasteiger partial charge in [0.05, 0.1) is 16.6 Å². The van der Waals surface area contributed by atoms with E-state index in [0.717, 1.165) is 24.1 Å². The molecule has 1 aliphatic carbocycles. The minimum Gasteiger partial charge on any atom is -0.300 e. The van der Waals surface area contributed by atoms with E-state index in [-0.39, 0.29) is 0 Å². The van der Waals surface area contributed by atoms with E-state index in [1.165, 1.54) is 56.6 Å². The molecule has 106 valence electrons. The zero-order chi connectivity index (χ0) is 13.1. The van der Waals surface area contributed by atoms with Crippen LogP contribution in [0.1, 0.15) is 49.2 Å². The fourth-order valence-corrected chi connectivity index (χ4v) is 4.81. The first-order chi connectivity index (χ1) is 9.36. The monoisotopic (exact) mass is 298 g/mol. The fraction of sp³-hybridized carbons (Fsp3) is 0.800. The van der Waals surface area contributed by atoms with Crippen LogP contribution in [0.25, 0.3) is 0 Å². The number of aromatic nitrogens is 1. The number of aryl methyl sites for hydroxylation is 1. The maximum absolute atomic E-state index is 5.79. The van der Waals surface area contributed by atoms with Crippen molar-refractivity contribution in [2.45, 2.75) is 56.9 Å². The normalized spacial score (nSPS) is 27.6. The van der Waals surface area contributed by atoms with E-state index in [1.54, 1.807) is 11.3 Å². The molecule has 2 fully saturated rings. The fourth-order valence-electron chi connectivity index (χ4n) is 3.74. The summed E-state index contributed by atoms with van der Waals surface area (Å²) in [6.07, 6.45) is 9.65. The predicted octanol–water partition coefficient (Wildman–Crippen LogP) is 4.08. The second-order valence-electron chi connectivity index (χ2n) is 5.91. The van der Waals surface area contributed by atoms with Crippen molar-refractivity contribution >= 4 is 22.9 Å². The predicted molar refractivity (Wildman–Crippen MR) is 81.9 cm³/mol. The lowest BCUT2D eigenvalue weighted by molar-refractivity contribution is 0.181. The standard InChI is InChI=1S/C15H23ClN2S/c16-10-13-11-19-15(17-13)6-3-8-18-9-7-12-4-1-2-5-14(12)18/h11-12,14H,1-10H2. The first-order valence-corrected chi connectivity index (χ1v) is 9.01. The SMILES string of the molecule is ClCc1csc(CCCN2CCC3CCCCC32)n1. The number of rotatable bonds is 5. The largest absolute Gasteiger partial charge is 0.300 e. The minimum absolute atomic E-state index is 0.548. The Morgan fingerprint density at radius 3 is 3.05 bits per heavy atom. The molecule has 0 bridgehead atoms. The molecule has 0 spiro atoms. The second-order valence-corrected chi connectivity index (χ2v) is 7.12. The summed E-state index contributed by atoms with van der Waals surface area (Å²) in [6, 6.07) is 0.906. The third kappa shape index (κ3) is 3.32. The maximum atomic E-state index is 5.79. The van der Waals surface area contributed by atoms with Crippen molar-refractivity contribution in [1.29, 1.82) is 0 Å². The van der Waals surface area contributed by atoms with E-state index < -0.39 is 0 Å². The first-order valence-electron chi connectivity index (χ1n) is 7.60. The molecule has 2 atom stereocenters. The maximum Gasteiger partial charge on any atom is 0.0929 e. The summed E-state index contributed by atoms with van der Waals surface area (Å²) in [4.78, 5) is 7.29. The van der Waals surface area contributed by atoms with E-state index >= 15 is 0 Å². The van der Waals surface area contributed by atoms with Gasteiger partial charge in [-0.2, -0.15) is 0 Å². The lowest BCUT2D eigenvalue weighted by atomic mass is 9.85. The van der Waals surface area contributed by atoms with Crippen LogP contribution in [-0.2, 0) is 12.3 Å². The van der Waals surface area contributed by atoms with Crippen molar-refractivity contribution in [1.82, 2.24) is 9.88 Å². The molecule has 2 unspecified atom stereocenters. The van der Waals surface area contributed by atoms with E-state index in [1.807, 2.05) is 0 Å². The Balaban J connectivity index is 1.44. The molecule has 1 aromatic heterocycles. The molecular weight excluding hydrogens is 276 g/mol. The van der Waals surface area contributed by atoms with Crippen molar-refractivity contribution in [2.24, 2.45) is 5.92 Å². The van der Waals surface area contributed by atoms with Crippen LogP contribution < -0.4 is 0 Å². The van der Waals surface area contributed by atoms with Crippen LogP contribution in [0.3, 0.4) is 0 Å². The Kier molecular flexibility index (Phi) is 4.78. The summed E-state index contributed by atoms with van der Waals surface area (Å²) < 4.78 is 0. The highest BCUT2D eigenvalue weighted by atomic mass is 35.5. The molecule has 4 heteroatoms. The van der Waals surface area contributed by atoms with Gasteiger partial charge < -0.3 is 4.90 Å². The zero-order valence-corrected chi connectivity index (χ0v) is 13.1. The molecule has 1 aliphatic heterocycles. The molecule has 0 aromatic carbocycles. The van der Waals surface area contributed by atoms with E-state index in [2.05, 4.69) is 15.3 Å². The van der Waals surface area contributed by atoms with Crippen LogP contribution in [0.2, 0.25) is 0 Å². The summed E-state index contributed by atoms with van der Waals surface area (Å²) in [7, 11) is 0. The Morgan fingerprint density at radius 1 is 1.32 bits per heavy atom. The molecule has 1 saturated carbocycles. The number of fused-ring (bicyclic) bond motifs is 1. The highest BCUT2D eigenvalue weighted by Gasteiger charge is 2.34. The quantitative estimate of drug-likeness (QED) is 0.762. The van der Waals surface area contributed by atoms with Crippen molar-refractivity contribution < 1.29 is 0 Å². The van der Waals surface area contributed by atoms with E-state index in [9.17, 15) is 0 Å². The third-order valence-corrected chi connectivity index (χ3v) is 5.93. The molecule has 0 radical (unpaired) electrons. The van der Waals surface area contributed by atoms with Gasteiger partial charge in [0, 0.05) is 17.8 Å². The highest BCUT2D eigenvalue weighted by Crippen LogP contribution is 2.36. The van der Waals surface area contributed by atoms with E-state index in [4.69, 9.17) is 11.6 Å². The Labute approximate surface area is 125 Å². The molecular formula is C15H23ClN2S. The van der Waals surface area contributed by atoms with Gasteiger partial charge >= 0.3 is 0 Å². The molecule has 0 N–H and O–H groups in total. The summed E-state index contributed by atoms with van der Waals surface area (Å²) in [5, 5.41) is 3.35. The van der Waals surface area contributed by atoms with E-state index in [0.29, 0.717) is 5.88 Å². The lowest BCUT2D eigenvalue weighted by Gasteiger charge is -2.31. The van der Waals surface area contributed by atoms with Gasteiger partial charge in [0.2, 0.25) is 0 Å². The Morgan fingerprint density at radius 2 is 2.21 bits per heavy atom. The number of hydrogen-bond acceptors (Lipinski definition) is 3. The van der Waals surface area contributed by atoms with Gasteiger partial charge in [0.1, 0.15) is 0 Å². The zero-order valence-electron chi connectivity index (χ0n) is 11.5. The number of likely N-dealkylation sites (tertiary alicyclic amines) is 1. The van der Waals surface area contributed by atoms with Crippen molar-refractivity contribution in [3.05, 3.63) is 16.1 Å². The summed E-state index contributed by atoms with van der Waals surface area (Å²) in [5.74, 6) is 1.56. The van der Waals surface area contributed by atoms with Crippen molar-refractivity contribution in [2.75, 3.05) is 13.1 Å². The molecule has 3 rings (SSSR count). The number of hydrogen-bond donors (Lipinski definition) is 0. The van der Waals surface area contributed by atoms with Gasteiger partial charge in [-0.05, 0) is 44.7 Å². The number of nitrogens with zero attached hydrogens (tertiary/aromatic N) is 2. The molecule has 2 nitrogen and oxygen atoms in total. The second kappa shape index (κ2) is 6.55. The van der Waals surface area contributed by atoms with Gasteiger partial charge in [-0.15, -0.1) is 22.9 Å². The van der Waals surface area contributed by atoms with Gasteiger partial charge in [0.25, 0.3) is 0 Å². The van der Waals surface area contributed by atoms with Crippen LogP contribution in [0.4, 0.5) is 0 Å². The van der Waals surface area contributed by atoms with Crippen LogP contribution in [0, 0.1) is 5.92 Å². The first kappa shape index (κ1) is 13.8. The number of halogens is 1. The molecule has 19 heavy (non-hydrogen) atoms. The smallest absolute Gasteiger partial charge is 0.0929 e. The van der Waals surface area contributed by atoms with Crippen molar-refractivity contribution in [3.63, 3.8) is 0 Å². The topological polar surface area (TPSA) is 16.1 Å². The van der Waals surface area contributed by atoms with Crippen LogP contribution in [-0.4, -0.2) is 29.0 Å². The molecule has 0 amide bonds. The minimum atomic E-state index is 0.548. The Hall–Kier alpha value is -0.120. The number of alkyl halides is 1. The van der Waals surface area contributed by atoms with Gasteiger partial charge in [-0.3, -0.25) is 0 Å². The average Bonchev–Trinajstić information content (AvgIpc) is 3.06. The third-order valence-electron chi connectivity index (χ3n) is 4.70. The van der Waals surface area contributed by atoms with Crippen LogP contribution >= 0.6 is 22.9 Å². The van der Waals surface area contributed by atoms with Gasteiger partial charge in [0.15, 0.2) is 0 Å². The molecule has 1 saturated heterocycles. The molecule has 2 aliphatic rings. The number of thiazole rings is 1. The lowest BCUT2D eigenvalue weighted by Crippen LogP contribution is -2.35. The average molecular weight is 299 g/mol. The summed E-state index contributed by atoms with van der Waals surface area (Å²) in [5.41, 5.74) is 1.04. The Bertz CT molecular complexity index is 407. The van der Waals surface area contributed by atoms with Gasteiger partial charge in [-0.1, -0.05) is 12.8 Å². The highest BCUT2D eigenvalue weighted by molar-refractivity contribution is 7.09. The summed E-state index contributed by atoms with van der Waals surface area (Å²) >= 11 is 7.56.